The minimum absolute atomic E-state index is 0.170. The van der Waals surface area contributed by atoms with E-state index in [0.717, 1.165) is 28.5 Å². The van der Waals surface area contributed by atoms with Gasteiger partial charge in [-0.3, -0.25) is 4.79 Å². The molecule has 9 nitrogen and oxygen atoms in total. The van der Waals surface area contributed by atoms with E-state index in [1.165, 1.54) is 11.8 Å². The highest BCUT2D eigenvalue weighted by molar-refractivity contribution is 7.98. The van der Waals surface area contributed by atoms with E-state index < -0.39 is 5.97 Å². The largest absolute Gasteiger partial charge is 0.477 e. The zero-order chi connectivity index (χ0) is 21.1. The lowest BCUT2D eigenvalue weighted by molar-refractivity contribution is 0.0538. The molecule has 0 bridgehead atoms. The van der Waals surface area contributed by atoms with Gasteiger partial charge in [-0.2, -0.15) is 0 Å². The molecule has 0 aliphatic carbocycles. The van der Waals surface area contributed by atoms with Crippen molar-refractivity contribution in [3.63, 3.8) is 0 Å². The molecule has 2 aromatic rings. The van der Waals surface area contributed by atoms with E-state index in [9.17, 15) is 14.7 Å². The smallest absolute Gasteiger partial charge is 0.347 e. The average Bonchev–Trinajstić information content (AvgIpc) is 3.31. The van der Waals surface area contributed by atoms with Gasteiger partial charge in [0, 0.05) is 25.9 Å². The van der Waals surface area contributed by atoms with E-state index in [1.54, 1.807) is 14.0 Å². The highest BCUT2D eigenvalue weighted by Crippen LogP contribution is 2.29. The van der Waals surface area contributed by atoms with Gasteiger partial charge < -0.3 is 25.0 Å². The van der Waals surface area contributed by atoms with E-state index >= 15 is 0 Å². The quantitative estimate of drug-likeness (QED) is 0.562. The summed E-state index contributed by atoms with van der Waals surface area (Å²) in [5.41, 5.74) is 1.46. The third kappa shape index (κ3) is 4.57. The number of aromatic nitrogens is 3. The number of carboxylic acids is 1. The molecule has 29 heavy (non-hydrogen) atoms. The summed E-state index contributed by atoms with van der Waals surface area (Å²) in [7, 11) is 1.61. The lowest BCUT2D eigenvalue weighted by atomic mass is 10.0. The number of amides is 1. The highest BCUT2D eigenvalue weighted by Gasteiger charge is 2.33. The van der Waals surface area contributed by atoms with Crippen LogP contribution in [0.5, 0.6) is 0 Å². The van der Waals surface area contributed by atoms with Gasteiger partial charge in [0.05, 0.1) is 17.8 Å². The lowest BCUT2D eigenvalue weighted by Crippen LogP contribution is -2.55. The number of imidazole rings is 1. The normalized spacial score (nSPS) is 19.4. The Morgan fingerprint density at radius 1 is 1.45 bits per heavy atom. The number of rotatable bonds is 7. The first kappa shape index (κ1) is 21.6. The number of anilines is 1. The zero-order valence-corrected chi connectivity index (χ0v) is 18.4. The number of thioether (sulfide) groups is 1. The summed E-state index contributed by atoms with van der Waals surface area (Å²) < 4.78 is 5.62. The van der Waals surface area contributed by atoms with Crippen LogP contribution in [0.4, 0.5) is 5.13 Å². The number of nitrogens with one attached hydrogen (secondary N) is 2. The molecule has 0 aromatic carbocycles. The fourth-order valence-corrected chi connectivity index (χ4v) is 4.92. The molecule has 3 rings (SSSR count). The van der Waals surface area contributed by atoms with Crippen LogP contribution in [0.1, 0.15) is 45.0 Å². The Hall–Kier alpha value is -2.11. The highest BCUT2D eigenvalue weighted by atomic mass is 32.2. The van der Waals surface area contributed by atoms with Crippen molar-refractivity contribution in [2.75, 3.05) is 31.4 Å². The number of carboxylic acid groups (broad SMARTS) is 1. The van der Waals surface area contributed by atoms with Crippen LogP contribution in [-0.4, -0.2) is 70.5 Å². The number of hydrogen-bond donors (Lipinski definition) is 3. The van der Waals surface area contributed by atoms with Crippen molar-refractivity contribution in [1.29, 1.82) is 0 Å². The minimum atomic E-state index is -0.966. The number of carbonyl (C=O) groups is 2. The number of hydrogen-bond acceptors (Lipinski definition) is 8. The van der Waals surface area contributed by atoms with Gasteiger partial charge in [-0.25, -0.2) is 14.8 Å². The van der Waals surface area contributed by atoms with Gasteiger partial charge in [-0.15, -0.1) is 11.8 Å². The number of piperidine rings is 1. The van der Waals surface area contributed by atoms with Gasteiger partial charge >= 0.3 is 5.97 Å². The molecular weight excluding hydrogens is 414 g/mol. The third-order valence-electron chi connectivity index (χ3n) is 4.93. The van der Waals surface area contributed by atoms with Crippen molar-refractivity contribution < 1.29 is 19.4 Å². The summed E-state index contributed by atoms with van der Waals surface area (Å²) in [5.74, 6) is -0.907. The summed E-state index contributed by atoms with van der Waals surface area (Å²) in [4.78, 5) is 38.1. The Bertz CT molecular complexity index is 875. The number of aromatic amines is 1. The maximum absolute atomic E-state index is 12.7. The Labute approximate surface area is 177 Å². The van der Waals surface area contributed by atoms with Crippen molar-refractivity contribution in [2.24, 2.45) is 0 Å². The molecular formula is C18H25N5O4S2. The van der Waals surface area contributed by atoms with Gasteiger partial charge in [0.2, 0.25) is 0 Å². The van der Waals surface area contributed by atoms with Crippen LogP contribution in [0.3, 0.4) is 0 Å². The van der Waals surface area contributed by atoms with E-state index in [1.807, 2.05) is 18.1 Å². The molecule has 11 heteroatoms. The number of ether oxygens (including phenoxy) is 1. The maximum atomic E-state index is 12.7. The summed E-state index contributed by atoms with van der Waals surface area (Å²) in [6, 6.07) is -0.170. The second-order valence-corrected chi connectivity index (χ2v) is 8.50. The maximum Gasteiger partial charge on any atom is 0.347 e. The molecule has 1 amide bonds. The minimum Gasteiger partial charge on any atom is -0.477 e. The van der Waals surface area contributed by atoms with Gasteiger partial charge in [-0.1, -0.05) is 18.3 Å². The molecule has 158 valence electrons. The molecule has 1 unspecified atom stereocenters. The SMILES string of the molecule is CCc1[nH]c(C(=O)NC2CCN(c3nc(C)c(C(=O)O)s3)C[C@@H]2OC)nc1SC. The summed E-state index contributed by atoms with van der Waals surface area (Å²) in [6.45, 7) is 4.87. The van der Waals surface area contributed by atoms with Crippen LogP contribution in [0.25, 0.3) is 0 Å². The van der Waals surface area contributed by atoms with Crippen LogP contribution in [-0.2, 0) is 11.2 Å². The molecule has 2 atom stereocenters. The first-order valence-corrected chi connectivity index (χ1v) is 11.3. The van der Waals surface area contributed by atoms with Crippen LogP contribution < -0.4 is 10.2 Å². The number of nitrogens with zero attached hydrogens (tertiary/aromatic N) is 3. The zero-order valence-electron chi connectivity index (χ0n) is 16.8. The Balaban J connectivity index is 1.68. The summed E-state index contributed by atoms with van der Waals surface area (Å²) >= 11 is 2.67. The number of aryl methyl sites for hydroxylation is 2. The lowest BCUT2D eigenvalue weighted by Gasteiger charge is -2.37. The van der Waals surface area contributed by atoms with Crippen molar-refractivity contribution in [3.05, 3.63) is 22.1 Å². The molecule has 0 radical (unpaired) electrons. The second-order valence-electron chi connectivity index (χ2n) is 6.73. The monoisotopic (exact) mass is 439 g/mol. The number of thiazole rings is 1. The van der Waals surface area contributed by atoms with Crippen molar-refractivity contribution in [2.45, 2.75) is 43.9 Å². The molecule has 0 saturated carbocycles. The number of carbonyl (C=O) groups excluding carboxylic acids is 1. The van der Waals surface area contributed by atoms with Gasteiger partial charge in [0.1, 0.15) is 9.90 Å². The summed E-state index contributed by atoms with van der Waals surface area (Å²) in [6.07, 6.45) is 3.12. The van der Waals surface area contributed by atoms with E-state index in [4.69, 9.17) is 4.74 Å². The predicted octanol–water partition coefficient (Wildman–Crippen LogP) is 2.18. The Morgan fingerprint density at radius 2 is 2.21 bits per heavy atom. The fraction of sp³-hybridized carbons (Fsp3) is 0.556. The van der Waals surface area contributed by atoms with E-state index in [0.29, 0.717) is 36.2 Å². The van der Waals surface area contributed by atoms with Crippen molar-refractivity contribution in [3.8, 4) is 0 Å². The standard InChI is InChI=1S/C18H25N5O4S2/c1-5-10-16(28-4)22-14(20-10)15(24)21-11-6-7-23(8-12(11)27-3)18-19-9(2)13(29-18)17(25)26/h11-12H,5-8H2,1-4H3,(H,20,22)(H,21,24)(H,25,26)/t11?,12-/m0/s1. The molecule has 1 aliphatic rings. The first-order chi connectivity index (χ1) is 13.9. The molecule has 1 aliphatic heterocycles. The van der Waals surface area contributed by atoms with Crippen LogP contribution in [0.2, 0.25) is 0 Å². The van der Waals surface area contributed by atoms with Crippen LogP contribution in [0.15, 0.2) is 5.03 Å². The molecule has 0 spiro atoms. The molecule has 2 aromatic heterocycles. The van der Waals surface area contributed by atoms with E-state index in [2.05, 4.69) is 20.3 Å². The Kier molecular flexibility index (Phi) is 6.81. The molecule has 1 saturated heterocycles. The number of H-pyrrole nitrogens is 1. The van der Waals surface area contributed by atoms with Gasteiger partial charge in [0.25, 0.3) is 5.91 Å². The van der Waals surface area contributed by atoms with Crippen molar-refractivity contribution in [1.82, 2.24) is 20.3 Å². The fourth-order valence-electron chi connectivity index (χ4n) is 3.36. The summed E-state index contributed by atoms with van der Waals surface area (Å²) in [5, 5.41) is 13.8. The van der Waals surface area contributed by atoms with Crippen LogP contribution in [0, 0.1) is 6.92 Å². The van der Waals surface area contributed by atoms with Gasteiger partial charge in [0.15, 0.2) is 11.0 Å². The molecule has 3 N–H and O–H groups in total. The van der Waals surface area contributed by atoms with Gasteiger partial charge in [-0.05, 0) is 26.0 Å². The Morgan fingerprint density at radius 3 is 2.76 bits per heavy atom. The number of aromatic carboxylic acids is 1. The predicted molar refractivity (Wildman–Crippen MR) is 112 cm³/mol. The van der Waals surface area contributed by atoms with Crippen LogP contribution >= 0.6 is 23.1 Å². The van der Waals surface area contributed by atoms with E-state index in [-0.39, 0.29) is 22.9 Å². The average molecular weight is 440 g/mol. The second kappa shape index (κ2) is 9.14. The number of methoxy groups -OCH3 is 1. The third-order valence-corrected chi connectivity index (χ3v) is 6.86. The molecule has 3 heterocycles. The van der Waals surface area contributed by atoms with Crippen molar-refractivity contribution >= 4 is 40.1 Å². The first-order valence-electron chi connectivity index (χ1n) is 9.30. The topological polar surface area (TPSA) is 120 Å². The molecule has 1 fully saturated rings.